The van der Waals surface area contributed by atoms with E-state index in [4.69, 9.17) is 4.98 Å². The first-order valence-electron chi connectivity index (χ1n) is 8.34. The van der Waals surface area contributed by atoms with Crippen LogP contribution in [0.1, 0.15) is 0 Å². The Kier molecular flexibility index (Phi) is 3.62. The van der Waals surface area contributed by atoms with Crippen molar-refractivity contribution in [3.8, 4) is 11.4 Å². The highest BCUT2D eigenvalue weighted by Crippen LogP contribution is 2.42. The van der Waals surface area contributed by atoms with E-state index in [1.807, 2.05) is 7.05 Å². The van der Waals surface area contributed by atoms with E-state index in [0.29, 0.717) is 0 Å². The van der Waals surface area contributed by atoms with Crippen LogP contribution >= 0.6 is 0 Å². The highest BCUT2D eigenvalue weighted by Gasteiger charge is 2.23. The number of nitrogens with zero attached hydrogens (tertiary/aromatic N) is 3. The minimum absolute atomic E-state index is 0.937. The van der Waals surface area contributed by atoms with Gasteiger partial charge >= 0.3 is 0 Å². The predicted molar refractivity (Wildman–Crippen MR) is 102 cm³/mol. The van der Waals surface area contributed by atoms with Gasteiger partial charge in [-0.3, -0.25) is 0 Å². The monoisotopic (exact) mass is 318 g/mol. The Morgan fingerprint density at radius 2 is 1.75 bits per heavy atom. The summed E-state index contributed by atoms with van der Waals surface area (Å²) >= 11 is 0. The second kappa shape index (κ2) is 5.80. The van der Waals surface area contributed by atoms with Crippen LogP contribution in [-0.2, 0) is 7.05 Å². The van der Waals surface area contributed by atoms with Crippen LogP contribution in [-0.4, -0.2) is 36.7 Å². The van der Waals surface area contributed by atoms with Gasteiger partial charge < -0.3 is 14.8 Å². The maximum Gasteiger partial charge on any atom is 0.112 e. The first-order chi connectivity index (χ1) is 11.7. The Morgan fingerprint density at radius 3 is 2.54 bits per heavy atom. The Hall–Kier alpha value is -2.59. The molecule has 0 fully saturated rings. The van der Waals surface area contributed by atoms with Crippen molar-refractivity contribution >= 4 is 27.5 Å². The summed E-state index contributed by atoms with van der Waals surface area (Å²) < 4.78 is 2.27. The van der Waals surface area contributed by atoms with Gasteiger partial charge in [0.1, 0.15) is 5.69 Å². The normalized spacial score (nSPS) is 11.6. The number of anilines is 1. The topological polar surface area (TPSA) is 33.1 Å². The molecule has 2 aromatic carbocycles. The number of hydrogen-bond acceptors (Lipinski definition) is 3. The average molecular weight is 318 g/mol. The first-order valence-corrected chi connectivity index (χ1v) is 8.34. The lowest BCUT2D eigenvalue weighted by Gasteiger charge is -2.25. The van der Waals surface area contributed by atoms with E-state index in [1.165, 1.54) is 27.7 Å². The quantitative estimate of drug-likeness (QED) is 0.625. The molecule has 4 rings (SSSR count). The number of likely N-dealkylation sites (N-methyl/N-ethyl adjacent to an activating group) is 2. The van der Waals surface area contributed by atoms with Crippen LogP contribution in [0.25, 0.3) is 33.2 Å². The van der Waals surface area contributed by atoms with Gasteiger partial charge in [0.05, 0.1) is 22.4 Å². The van der Waals surface area contributed by atoms with Crippen LogP contribution in [0.3, 0.4) is 0 Å². The average Bonchev–Trinajstić information content (AvgIpc) is 2.99. The van der Waals surface area contributed by atoms with E-state index in [2.05, 4.69) is 77.4 Å². The minimum atomic E-state index is 0.937. The zero-order valence-corrected chi connectivity index (χ0v) is 14.4. The largest absolute Gasteiger partial charge is 0.371 e. The molecule has 0 unspecified atom stereocenters. The number of nitrogens with one attached hydrogen (secondary N) is 1. The molecule has 2 aromatic rings. The van der Waals surface area contributed by atoms with Crippen LogP contribution in [0.15, 0.2) is 48.5 Å². The van der Waals surface area contributed by atoms with Gasteiger partial charge in [0.2, 0.25) is 0 Å². The lowest BCUT2D eigenvalue weighted by atomic mass is 10.1. The van der Waals surface area contributed by atoms with Gasteiger partial charge in [-0.05, 0) is 19.2 Å². The maximum absolute atomic E-state index is 4.97. The fraction of sp³-hybridized carbons (Fsp3) is 0.250. The molecule has 2 heterocycles. The van der Waals surface area contributed by atoms with Crippen LogP contribution in [0.4, 0.5) is 5.69 Å². The molecule has 2 aliphatic rings. The van der Waals surface area contributed by atoms with Gasteiger partial charge in [0.25, 0.3) is 0 Å². The first kappa shape index (κ1) is 15.0. The number of hydrogen-bond donors (Lipinski definition) is 1. The summed E-state index contributed by atoms with van der Waals surface area (Å²) in [5, 5.41) is 5.69. The molecule has 0 aromatic heterocycles. The number of pyridine rings is 1. The third-order valence-corrected chi connectivity index (χ3v) is 4.77. The maximum atomic E-state index is 4.97. The van der Waals surface area contributed by atoms with E-state index in [9.17, 15) is 0 Å². The van der Waals surface area contributed by atoms with Gasteiger partial charge in [-0.15, -0.1) is 0 Å². The van der Waals surface area contributed by atoms with Gasteiger partial charge in [0.15, 0.2) is 0 Å². The molecule has 0 saturated carbocycles. The number of aryl methyl sites for hydroxylation is 1. The molecule has 4 nitrogen and oxygen atoms in total. The fourth-order valence-electron chi connectivity index (χ4n) is 3.57. The van der Waals surface area contributed by atoms with E-state index >= 15 is 0 Å². The molecule has 0 amide bonds. The van der Waals surface area contributed by atoms with Crippen LogP contribution < -0.4 is 10.2 Å². The van der Waals surface area contributed by atoms with Crippen LogP contribution in [0, 0.1) is 0 Å². The van der Waals surface area contributed by atoms with Crippen molar-refractivity contribution in [2.75, 3.05) is 32.1 Å². The third kappa shape index (κ3) is 2.14. The predicted octanol–water partition coefficient (Wildman–Crippen LogP) is 3.49. The summed E-state index contributed by atoms with van der Waals surface area (Å²) in [6, 6.07) is 17.0. The molecule has 0 saturated heterocycles. The molecule has 0 radical (unpaired) electrons. The van der Waals surface area contributed by atoms with Crippen molar-refractivity contribution < 1.29 is 0 Å². The summed E-state index contributed by atoms with van der Waals surface area (Å²) in [5.41, 5.74) is 5.79. The van der Waals surface area contributed by atoms with E-state index in [-0.39, 0.29) is 0 Å². The van der Waals surface area contributed by atoms with Crippen molar-refractivity contribution in [2.45, 2.75) is 0 Å². The van der Waals surface area contributed by atoms with Gasteiger partial charge in [-0.2, -0.15) is 0 Å². The number of rotatable bonds is 4. The van der Waals surface area contributed by atoms with Crippen LogP contribution in [0.5, 0.6) is 0 Å². The van der Waals surface area contributed by atoms with Gasteiger partial charge in [-0.25, -0.2) is 4.98 Å². The standard InChI is InChI=1S/C20H22N4/c1-21-12-13-23(2)19-15-9-5-7-11-17(15)24(3)20-14-8-4-6-10-16(14)22-18(19)20/h4-11,21H,12-13H2,1-3H3. The van der Waals surface area contributed by atoms with Crippen molar-refractivity contribution in [1.82, 2.24) is 14.9 Å². The number of fused-ring (bicyclic) bond motifs is 4. The molecule has 4 heteroatoms. The summed E-state index contributed by atoms with van der Waals surface area (Å²) in [6.07, 6.45) is 0. The number of benzene rings is 2. The summed E-state index contributed by atoms with van der Waals surface area (Å²) in [6.45, 7) is 1.88. The van der Waals surface area contributed by atoms with E-state index in [0.717, 1.165) is 24.3 Å². The highest BCUT2D eigenvalue weighted by atomic mass is 15.1. The zero-order chi connectivity index (χ0) is 16.7. The Morgan fingerprint density at radius 1 is 1.04 bits per heavy atom. The minimum Gasteiger partial charge on any atom is -0.371 e. The molecule has 0 bridgehead atoms. The number of aromatic nitrogens is 2. The van der Waals surface area contributed by atoms with Gasteiger partial charge in [0, 0.05) is 38.0 Å². The highest BCUT2D eigenvalue weighted by molar-refractivity contribution is 6.08. The lowest BCUT2D eigenvalue weighted by molar-refractivity contribution is 0.768. The molecule has 24 heavy (non-hydrogen) atoms. The second-order valence-electron chi connectivity index (χ2n) is 6.28. The second-order valence-corrected chi connectivity index (χ2v) is 6.28. The summed E-state index contributed by atoms with van der Waals surface area (Å²) in [5.74, 6) is 0. The molecule has 0 aliphatic carbocycles. The zero-order valence-electron chi connectivity index (χ0n) is 14.4. The van der Waals surface area contributed by atoms with Crippen molar-refractivity contribution in [1.29, 1.82) is 0 Å². The Balaban J connectivity index is 2.11. The molecule has 122 valence electrons. The van der Waals surface area contributed by atoms with Gasteiger partial charge in [-0.1, -0.05) is 36.4 Å². The number of para-hydroxylation sites is 2. The molecular formula is C20H22N4. The van der Waals surface area contributed by atoms with Crippen molar-refractivity contribution in [3.63, 3.8) is 0 Å². The summed E-state index contributed by atoms with van der Waals surface area (Å²) in [7, 11) is 6.27. The molecule has 1 N–H and O–H groups in total. The van der Waals surface area contributed by atoms with E-state index < -0.39 is 0 Å². The molecule has 2 aliphatic heterocycles. The van der Waals surface area contributed by atoms with E-state index in [1.54, 1.807) is 0 Å². The molecule has 0 atom stereocenters. The summed E-state index contributed by atoms with van der Waals surface area (Å²) in [4.78, 5) is 7.28. The smallest absolute Gasteiger partial charge is 0.112 e. The third-order valence-electron chi connectivity index (χ3n) is 4.77. The van der Waals surface area contributed by atoms with Crippen LogP contribution in [0.2, 0.25) is 0 Å². The molecular weight excluding hydrogens is 296 g/mol. The Labute approximate surface area is 142 Å². The Bertz CT molecular complexity index is 986. The SMILES string of the molecule is CNCCN(C)c1c2nc3ccccc3c-2n(C)c2ccccc12. The lowest BCUT2D eigenvalue weighted by Crippen LogP contribution is -2.28. The van der Waals surface area contributed by atoms with Crippen molar-refractivity contribution in [3.05, 3.63) is 48.5 Å². The molecule has 0 spiro atoms. The van der Waals surface area contributed by atoms with Crippen molar-refractivity contribution in [2.24, 2.45) is 7.05 Å². The fourth-order valence-corrected chi connectivity index (χ4v) is 3.57.